The molecule has 0 saturated heterocycles. The van der Waals surface area contributed by atoms with E-state index in [2.05, 4.69) is 39.1 Å². The van der Waals surface area contributed by atoms with Gasteiger partial charge >= 0.3 is 0 Å². The van der Waals surface area contributed by atoms with Crippen LogP contribution in [0.2, 0.25) is 0 Å². The molecule has 0 aliphatic carbocycles. The van der Waals surface area contributed by atoms with Crippen molar-refractivity contribution in [3.8, 4) is 0 Å². The van der Waals surface area contributed by atoms with Crippen LogP contribution in [0.15, 0.2) is 29.6 Å². The maximum atomic E-state index is 8.09. The van der Waals surface area contributed by atoms with Gasteiger partial charge in [-0.25, -0.2) is 0 Å². The summed E-state index contributed by atoms with van der Waals surface area (Å²) >= 11 is 0. The van der Waals surface area contributed by atoms with Crippen molar-refractivity contribution in [1.29, 1.82) is 0 Å². The lowest BCUT2D eigenvalue weighted by molar-refractivity contribution is 0.555. The molecule has 0 bridgehead atoms. The molecular formula is C12H20N4. The number of nitrogens with zero attached hydrogens (tertiary/aromatic N) is 4. The lowest BCUT2D eigenvalue weighted by atomic mass is 10.1. The first kappa shape index (κ1) is 12.7. The third kappa shape index (κ3) is 6.14. The minimum Gasteiger partial charge on any atom is -0.354 e. The topological polar surface area (TPSA) is 53.7 Å². The Bertz CT molecular complexity index is 299. The molecule has 4 heteroatoms. The molecule has 4 nitrogen and oxygen atoms in total. The Morgan fingerprint density at radius 2 is 1.56 bits per heavy atom. The van der Waals surface area contributed by atoms with E-state index in [-0.39, 0.29) is 0 Å². The predicted molar refractivity (Wildman–Crippen MR) is 66.1 cm³/mol. The van der Waals surface area contributed by atoms with Gasteiger partial charge < -0.3 is 4.57 Å². The summed E-state index contributed by atoms with van der Waals surface area (Å²) in [6, 6.07) is 4.13. The second-order valence-electron chi connectivity index (χ2n) is 4.00. The highest BCUT2D eigenvalue weighted by Gasteiger charge is 1.92. The van der Waals surface area contributed by atoms with Gasteiger partial charge in [0.1, 0.15) is 0 Å². The molecule has 0 fully saturated rings. The third-order valence-corrected chi connectivity index (χ3v) is 2.65. The maximum absolute atomic E-state index is 8.09. The van der Waals surface area contributed by atoms with Crippen molar-refractivity contribution in [3.05, 3.63) is 35.0 Å². The quantitative estimate of drug-likeness (QED) is 0.260. The van der Waals surface area contributed by atoms with Gasteiger partial charge in [-0.1, -0.05) is 30.8 Å². The Morgan fingerprint density at radius 3 is 2.25 bits per heavy atom. The Hall–Kier alpha value is -1.41. The molecule has 0 N–H and O–H groups in total. The largest absolute Gasteiger partial charge is 0.354 e. The van der Waals surface area contributed by atoms with Crippen LogP contribution < -0.4 is 0 Å². The number of hydrogen-bond acceptors (Lipinski definition) is 1. The van der Waals surface area contributed by atoms with Crippen molar-refractivity contribution in [1.82, 2.24) is 4.57 Å². The molecular weight excluding hydrogens is 200 g/mol. The molecule has 0 radical (unpaired) electrons. The fourth-order valence-corrected chi connectivity index (χ4v) is 1.75. The highest BCUT2D eigenvalue weighted by atomic mass is 15.1. The van der Waals surface area contributed by atoms with Crippen LogP contribution in [0.1, 0.15) is 38.5 Å². The number of hydrogen-bond donors (Lipinski definition) is 0. The van der Waals surface area contributed by atoms with Gasteiger partial charge in [-0.05, 0) is 30.5 Å². The molecule has 0 aromatic carbocycles. The zero-order valence-electron chi connectivity index (χ0n) is 9.76. The summed E-state index contributed by atoms with van der Waals surface area (Å²) < 4.78 is 2.22. The molecule has 1 aromatic rings. The van der Waals surface area contributed by atoms with Crippen LogP contribution in [-0.4, -0.2) is 11.1 Å². The molecule has 0 aliphatic rings. The molecule has 0 amide bonds. The first-order valence-electron chi connectivity index (χ1n) is 6.05. The first-order chi connectivity index (χ1) is 7.93. The van der Waals surface area contributed by atoms with Crippen molar-refractivity contribution in [2.75, 3.05) is 6.54 Å². The second kappa shape index (κ2) is 8.86. The molecule has 88 valence electrons. The maximum Gasteiger partial charge on any atom is 0.0257 e. The van der Waals surface area contributed by atoms with Crippen LogP contribution in [0.5, 0.6) is 0 Å². The van der Waals surface area contributed by atoms with E-state index in [4.69, 9.17) is 5.53 Å². The first-order valence-corrected chi connectivity index (χ1v) is 6.05. The standard InChI is InChI=1S/C12H20N4/c13-15-14-9-5-3-1-2-4-6-10-16-11-7-8-12-16/h7-8,11-12H,1-6,9-10H2. The van der Waals surface area contributed by atoms with Gasteiger partial charge in [0.2, 0.25) is 0 Å². The summed E-state index contributed by atoms with van der Waals surface area (Å²) in [4.78, 5) is 2.73. The second-order valence-corrected chi connectivity index (χ2v) is 4.00. The number of aryl methyl sites for hydroxylation is 1. The molecule has 0 aliphatic heterocycles. The van der Waals surface area contributed by atoms with Crippen LogP contribution in [0, 0.1) is 0 Å². The molecule has 0 atom stereocenters. The molecule has 0 spiro atoms. The summed E-state index contributed by atoms with van der Waals surface area (Å²) in [5.41, 5.74) is 8.09. The summed E-state index contributed by atoms with van der Waals surface area (Å²) in [5.74, 6) is 0. The van der Waals surface area contributed by atoms with Crippen molar-refractivity contribution in [2.24, 2.45) is 5.11 Å². The van der Waals surface area contributed by atoms with Gasteiger partial charge in [0.25, 0.3) is 0 Å². The zero-order valence-corrected chi connectivity index (χ0v) is 9.76. The van der Waals surface area contributed by atoms with Crippen molar-refractivity contribution < 1.29 is 0 Å². The van der Waals surface area contributed by atoms with Gasteiger partial charge in [-0.2, -0.15) is 0 Å². The van der Waals surface area contributed by atoms with Crippen LogP contribution >= 0.6 is 0 Å². The highest BCUT2D eigenvalue weighted by Crippen LogP contribution is 2.06. The smallest absolute Gasteiger partial charge is 0.0257 e. The number of unbranched alkanes of at least 4 members (excludes halogenated alkanes) is 5. The Kier molecular flexibility index (Phi) is 7.01. The summed E-state index contributed by atoms with van der Waals surface area (Å²) in [6.45, 7) is 1.78. The average Bonchev–Trinajstić information content (AvgIpc) is 2.80. The monoisotopic (exact) mass is 220 g/mol. The Morgan fingerprint density at radius 1 is 0.938 bits per heavy atom. The van der Waals surface area contributed by atoms with E-state index in [1.165, 1.54) is 32.1 Å². The summed E-state index contributed by atoms with van der Waals surface area (Å²) in [5, 5.41) is 3.52. The number of aromatic nitrogens is 1. The molecule has 16 heavy (non-hydrogen) atoms. The number of azide groups is 1. The Balaban J connectivity index is 1.83. The predicted octanol–water partition coefficient (Wildman–Crippen LogP) is 4.14. The average molecular weight is 220 g/mol. The van der Waals surface area contributed by atoms with E-state index in [1.54, 1.807) is 0 Å². The van der Waals surface area contributed by atoms with E-state index in [0.29, 0.717) is 6.54 Å². The van der Waals surface area contributed by atoms with Gasteiger partial charge in [-0.3, -0.25) is 0 Å². The minimum atomic E-state index is 0.653. The SMILES string of the molecule is [N-]=[N+]=NCCCCCCCCn1cccc1. The van der Waals surface area contributed by atoms with Gasteiger partial charge in [-0.15, -0.1) is 0 Å². The van der Waals surface area contributed by atoms with E-state index in [9.17, 15) is 0 Å². The normalized spacial score (nSPS) is 10.0. The van der Waals surface area contributed by atoms with Crippen LogP contribution in [0.25, 0.3) is 10.4 Å². The lowest BCUT2D eigenvalue weighted by Gasteiger charge is -2.02. The third-order valence-electron chi connectivity index (χ3n) is 2.65. The van der Waals surface area contributed by atoms with E-state index in [1.807, 2.05) is 0 Å². The van der Waals surface area contributed by atoms with E-state index >= 15 is 0 Å². The van der Waals surface area contributed by atoms with Crippen LogP contribution in [0.4, 0.5) is 0 Å². The molecule has 1 rings (SSSR count). The summed E-state index contributed by atoms with van der Waals surface area (Å²) in [6.07, 6.45) is 11.5. The van der Waals surface area contributed by atoms with Crippen molar-refractivity contribution >= 4 is 0 Å². The summed E-state index contributed by atoms with van der Waals surface area (Å²) in [7, 11) is 0. The van der Waals surface area contributed by atoms with Crippen molar-refractivity contribution in [3.63, 3.8) is 0 Å². The fourth-order valence-electron chi connectivity index (χ4n) is 1.75. The van der Waals surface area contributed by atoms with Gasteiger partial charge in [0.15, 0.2) is 0 Å². The fraction of sp³-hybridized carbons (Fsp3) is 0.667. The molecule has 0 saturated carbocycles. The molecule has 1 heterocycles. The van der Waals surface area contributed by atoms with E-state index < -0.39 is 0 Å². The lowest BCUT2D eigenvalue weighted by Crippen LogP contribution is -1.93. The van der Waals surface area contributed by atoms with Crippen molar-refractivity contribution in [2.45, 2.75) is 45.1 Å². The van der Waals surface area contributed by atoms with E-state index in [0.717, 1.165) is 13.0 Å². The van der Waals surface area contributed by atoms with Gasteiger partial charge in [0, 0.05) is 30.4 Å². The Labute approximate surface area is 96.9 Å². The molecule has 1 aromatic heterocycles. The molecule has 0 unspecified atom stereocenters. The van der Waals surface area contributed by atoms with Gasteiger partial charge in [0.05, 0.1) is 0 Å². The van der Waals surface area contributed by atoms with Crippen LogP contribution in [0.3, 0.4) is 0 Å². The van der Waals surface area contributed by atoms with Crippen LogP contribution in [-0.2, 0) is 6.54 Å². The minimum absolute atomic E-state index is 0.653. The zero-order chi connectivity index (χ0) is 11.5. The highest BCUT2D eigenvalue weighted by molar-refractivity contribution is 4.89. The number of rotatable bonds is 9.